The molecule has 0 aliphatic rings. The van der Waals surface area contributed by atoms with Crippen LogP contribution in [0.5, 0.6) is 5.75 Å². The number of methoxy groups -OCH3 is 1. The summed E-state index contributed by atoms with van der Waals surface area (Å²) in [5.41, 5.74) is 2.72. The lowest BCUT2D eigenvalue weighted by Crippen LogP contribution is -2.35. The van der Waals surface area contributed by atoms with Crippen molar-refractivity contribution in [2.24, 2.45) is 0 Å². The van der Waals surface area contributed by atoms with Crippen molar-refractivity contribution in [2.75, 3.05) is 20.3 Å². The molecule has 0 fully saturated rings. The molecule has 0 radical (unpaired) electrons. The Balaban J connectivity index is 1.97. The molecule has 3 rings (SSSR count). The van der Waals surface area contributed by atoms with Crippen LogP contribution in [0, 0.1) is 0 Å². The summed E-state index contributed by atoms with van der Waals surface area (Å²) in [7, 11) is 1.65. The number of carbonyl (C=O) groups is 1. The van der Waals surface area contributed by atoms with Gasteiger partial charge in [-0.3, -0.25) is 9.69 Å². The van der Waals surface area contributed by atoms with E-state index < -0.39 is 4.87 Å². The third kappa shape index (κ3) is 7.23. The molecule has 0 atom stereocenters. The molecule has 0 aliphatic carbocycles. The zero-order valence-electron chi connectivity index (χ0n) is 20.1. The largest absolute Gasteiger partial charge is 0.497 e. The Hall–Kier alpha value is -2.54. The van der Waals surface area contributed by atoms with Crippen molar-refractivity contribution in [1.82, 2.24) is 14.5 Å². The molecule has 0 saturated carbocycles. The maximum atomic E-state index is 12.5. The van der Waals surface area contributed by atoms with Crippen LogP contribution >= 0.6 is 23.2 Å². The summed E-state index contributed by atoms with van der Waals surface area (Å²) in [5.74, 6) is 1.09. The topological polar surface area (TPSA) is 56.6 Å². The summed E-state index contributed by atoms with van der Waals surface area (Å²) in [6.45, 7) is 7.77. The van der Waals surface area contributed by atoms with Gasteiger partial charge in [0.2, 0.25) is 0 Å². The third-order valence-electron chi connectivity index (χ3n) is 5.19. The summed E-state index contributed by atoms with van der Waals surface area (Å²) in [6, 6.07) is 17.6. The number of carbonyl (C=O) groups excluding carboxylic acids is 1. The van der Waals surface area contributed by atoms with Crippen LogP contribution in [0.15, 0.2) is 54.6 Å². The molecule has 0 spiro atoms. The minimum atomic E-state index is -0.465. The molecule has 3 aromatic rings. The maximum Gasteiger partial charge on any atom is 0.326 e. The average Bonchev–Trinajstić information content (AvgIpc) is 3.09. The molecule has 0 bridgehead atoms. The van der Waals surface area contributed by atoms with E-state index in [4.69, 9.17) is 32.7 Å². The minimum Gasteiger partial charge on any atom is -0.497 e. The first kappa shape index (κ1) is 26.1. The van der Waals surface area contributed by atoms with Crippen LogP contribution in [0.3, 0.4) is 0 Å². The highest BCUT2D eigenvalue weighted by molar-refractivity contribution is 6.30. The van der Waals surface area contributed by atoms with E-state index >= 15 is 0 Å². The predicted octanol–water partition coefficient (Wildman–Crippen LogP) is 5.79. The number of imidazole rings is 1. The third-order valence-corrected chi connectivity index (χ3v) is 5.61. The van der Waals surface area contributed by atoms with Crippen molar-refractivity contribution in [2.45, 2.75) is 45.3 Å². The Labute approximate surface area is 211 Å². The standard InChI is InChI=1S/C26H31Cl2N3O3/c1-5-34-23(32)17-31-22(24(27)29-25(31)20-9-7-6-8-10-20)16-30(18-26(2,3)28)15-19-11-13-21(33-4)14-12-19/h6-14H,5,15-18H2,1-4H3. The fourth-order valence-electron chi connectivity index (χ4n) is 3.82. The molecule has 34 heavy (non-hydrogen) atoms. The van der Waals surface area contributed by atoms with Crippen molar-refractivity contribution in [1.29, 1.82) is 0 Å². The van der Waals surface area contributed by atoms with E-state index in [1.807, 2.05) is 73.0 Å². The summed E-state index contributed by atoms with van der Waals surface area (Å²) in [4.78, 5) is 18.8. The Kier molecular flexibility index (Phi) is 9.00. The van der Waals surface area contributed by atoms with Crippen LogP contribution in [0.2, 0.25) is 5.15 Å². The summed E-state index contributed by atoms with van der Waals surface area (Å²) in [6.07, 6.45) is 0. The summed E-state index contributed by atoms with van der Waals surface area (Å²) in [5, 5.41) is 0.357. The van der Waals surface area contributed by atoms with E-state index in [9.17, 15) is 4.79 Å². The van der Waals surface area contributed by atoms with Crippen molar-refractivity contribution in [3.8, 4) is 17.1 Å². The highest BCUT2D eigenvalue weighted by atomic mass is 35.5. The van der Waals surface area contributed by atoms with Gasteiger partial charge in [-0.05, 0) is 38.5 Å². The Morgan fingerprint density at radius 2 is 1.76 bits per heavy atom. The monoisotopic (exact) mass is 503 g/mol. The molecular weight excluding hydrogens is 473 g/mol. The molecule has 0 amide bonds. The van der Waals surface area contributed by atoms with Crippen molar-refractivity contribution in [3.63, 3.8) is 0 Å². The number of hydrogen-bond donors (Lipinski definition) is 0. The molecule has 0 aliphatic heterocycles. The normalized spacial score (nSPS) is 11.6. The average molecular weight is 504 g/mol. The first-order valence-electron chi connectivity index (χ1n) is 11.2. The number of benzene rings is 2. The lowest BCUT2D eigenvalue weighted by Gasteiger charge is -2.29. The van der Waals surface area contributed by atoms with E-state index in [2.05, 4.69) is 9.88 Å². The lowest BCUT2D eigenvalue weighted by atomic mass is 10.1. The van der Waals surface area contributed by atoms with Gasteiger partial charge in [0.1, 0.15) is 18.1 Å². The van der Waals surface area contributed by atoms with Gasteiger partial charge in [0, 0.05) is 25.2 Å². The zero-order chi connectivity index (χ0) is 24.7. The second-order valence-corrected chi connectivity index (χ2v) is 10.0. The molecule has 2 aromatic carbocycles. The fourth-order valence-corrected chi connectivity index (χ4v) is 4.23. The van der Waals surface area contributed by atoms with Gasteiger partial charge in [-0.15, -0.1) is 11.6 Å². The smallest absolute Gasteiger partial charge is 0.326 e. The zero-order valence-corrected chi connectivity index (χ0v) is 21.6. The quantitative estimate of drug-likeness (QED) is 0.244. The number of ether oxygens (including phenoxy) is 2. The first-order valence-corrected chi connectivity index (χ1v) is 12.0. The van der Waals surface area contributed by atoms with Crippen LogP contribution in [-0.4, -0.2) is 45.6 Å². The van der Waals surface area contributed by atoms with Gasteiger partial charge < -0.3 is 14.0 Å². The highest BCUT2D eigenvalue weighted by Gasteiger charge is 2.25. The van der Waals surface area contributed by atoms with Crippen molar-refractivity contribution < 1.29 is 14.3 Å². The number of rotatable bonds is 11. The summed E-state index contributed by atoms with van der Waals surface area (Å²) < 4.78 is 12.3. The molecule has 8 heteroatoms. The van der Waals surface area contributed by atoms with E-state index in [1.54, 1.807) is 14.0 Å². The van der Waals surface area contributed by atoms with E-state index in [-0.39, 0.29) is 12.5 Å². The van der Waals surface area contributed by atoms with Gasteiger partial charge in [-0.2, -0.15) is 0 Å². The number of esters is 1. The Bertz CT molecular complexity index is 1080. The van der Waals surface area contributed by atoms with Crippen LogP contribution in [0.4, 0.5) is 0 Å². The lowest BCUT2D eigenvalue weighted by molar-refractivity contribution is -0.143. The van der Waals surface area contributed by atoms with Gasteiger partial charge >= 0.3 is 5.97 Å². The molecular formula is C26H31Cl2N3O3. The van der Waals surface area contributed by atoms with Crippen LogP contribution in [0.1, 0.15) is 32.0 Å². The molecule has 0 N–H and O–H groups in total. The van der Waals surface area contributed by atoms with Crippen LogP contribution in [0.25, 0.3) is 11.4 Å². The molecule has 6 nitrogen and oxygen atoms in total. The first-order chi connectivity index (χ1) is 16.2. The van der Waals surface area contributed by atoms with Gasteiger partial charge in [0.25, 0.3) is 0 Å². The van der Waals surface area contributed by atoms with E-state index in [0.29, 0.717) is 37.2 Å². The second kappa shape index (κ2) is 11.7. The van der Waals surface area contributed by atoms with Gasteiger partial charge in [0.15, 0.2) is 5.15 Å². The van der Waals surface area contributed by atoms with Gasteiger partial charge in [0.05, 0.1) is 24.3 Å². The van der Waals surface area contributed by atoms with E-state index in [1.165, 1.54) is 0 Å². The number of alkyl halides is 1. The number of hydrogen-bond acceptors (Lipinski definition) is 5. The number of halogens is 2. The van der Waals surface area contributed by atoms with Gasteiger partial charge in [-0.1, -0.05) is 54.1 Å². The Morgan fingerprint density at radius 1 is 1.09 bits per heavy atom. The second-order valence-electron chi connectivity index (χ2n) is 8.64. The fraction of sp³-hybridized carbons (Fsp3) is 0.385. The van der Waals surface area contributed by atoms with Crippen molar-refractivity contribution in [3.05, 3.63) is 71.0 Å². The van der Waals surface area contributed by atoms with Crippen LogP contribution < -0.4 is 4.74 Å². The molecule has 0 unspecified atom stereocenters. The number of aromatic nitrogens is 2. The number of nitrogens with zero attached hydrogens (tertiary/aromatic N) is 3. The minimum absolute atomic E-state index is 0.0216. The molecule has 1 heterocycles. The Morgan fingerprint density at radius 3 is 2.35 bits per heavy atom. The molecule has 182 valence electrons. The molecule has 0 saturated heterocycles. The predicted molar refractivity (Wildman–Crippen MR) is 136 cm³/mol. The van der Waals surface area contributed by atoms with E-state index in [0.717, 1.165) is 22.6 Å². The SMILES string of the molecule is CCOC(=O)Cn1c(-c2ccccc2)nc(Cl)c1CN(Cc1ccc(OC)cc1)CC(C)(C)Cl. The maximum absolute atomic E-state index is 12.5. The summed E-state index contributed by atoms with van der Waals surface area (Å²) >= 11 is 13.3. The highest BCUT2D eigenvalue weighted by Crippen LogP contribution is 2.28. The molecule has 1 aromatic heterocycles. The van der Waals surface area contributed by atoms with Crippen molar-refractivity contribution >= 4 is 29.2 Å². The van der Waals surface area contributed by atoms with Crippen LogP contribution in [-0.2, 0) is 29.2 Å². The van der Waals surface area contributed by atoms with Gasteiger partial charge in [-0.25, -0.2) is 4.98 Å².